The van der Waals surface area contributed by atoms with Crippen LogP contribution in [0, 0.1) is 0 Å². The van der Waals surface area contributed by atoms with Gasteiger partial charge in [-0.3, -0.25) is 19.4 Å². The molecule has 1 saturated heterocycles. The Labute approximate surface area is 140 Å². The fraction of sp³-hybridized carbons (Fsp3) is 0.389. The lowest BCUT2D eigenvalue weighted by Crippen LogP contribution is -2.75. The fourth-order valence-electron chi connectivity index (χ4n) is 3.36. The second-order valence-corrected chi connectivity index (χ2v) is 6.34. The van der Waals surface area contributed by atoms with Crippen molar-refractivity contribution in [2.75, 3.05) is 19.6 Å². The van der Waals surface area contributed by atoms with Gasteiger partial charge in [-0.15, -0.1) is 0 Å². The van der Waals surface area contributed by atoms with Gasteiger partial charge in [-0.2, -0.15) is 0 Å². The minimum absolute atomic E-state index is 0.201. The molecule has 6 heteroatoms. The zero-order valence-corrected chi connectivity index (χ0v) is 13.4. The summed E-state index contributed by atoms with van der Waals surface area (Å²) in [6.45, 7) is 1.17. The zero-order chi connectivity index (χ0) is 17.2. The van der Waals surface area contributed by atoms with Crippen molar-refractivity contribution < 1.29 is 19.5 Å². The summed E-state index contributed by atoms with van der Waals surface area (Å²) in [5, 5.41) is 9.52. The highest BCUT2D eigenvalue weighted by Crippen LogP contribution is 2.31. The number of aliphatic carboxylic acids is 1. The monoisotopic (exact) mass is 328 g/mol. The number of carbonyl (C=O) groups excluding carboxylic acids is 2. The van der Waals surface area contributed by atoms with E-state index in [-0.39, 0.29) is 13.1 Å². The number of imide groups is 1. The van der Waals surface area contributed by atoms with E-state index in [1.54, 1.807) is 0 Å². The van der Waals surface area contributed by atoms with Crippen molar-refractivity contribution in [1.82, 2.24) is 9.80 Å². The summed E-state index contributed by atoms with van der Waals surface area (Å²) in [6.07, 6.45) is 5.23. The van der Waals surface area contributed by atoms with Gasteiger partial charge in [0.1, 0.15) is 0 Å². The smallest absolute Gasteiger partial charge is 0.332 e. The van der Waals surface area contributed by atoms with E-state index in [2.05, 4.69) is 12.1 Å². The third-order valence-electron chi connectivity index (χ3n) is 4.64. The van der Waals surface area contributed by atoms with Crippen LogP contribution >= 0.6 is 0 Å². The SMILES string of the molecule is O=C1C=CC(=O)N1C1(C(=O)O)CN(CCCCc2ccccc2)C1. The predicted octanol–water partition coefficient (Wildman–Crippen LogP) is 1.07. The summed E-state index contributed by atoms with van der Waals surface area (Å²) in [5.74, 6) is -2.19. The normalized spacial score (nSPS) is 19.6. The molecular formula is C18H20N2O4. The van der Waals surface area contributed by atoms with Crippen molar-refractivity contribution in [3.63, 3.8) is 0 Å². The molecule has 126 valence electrons. The molecule has 2 aliphatic heterocycles. The Bertz CT molecular complexity index is 660. The van der Waals surface area contributed by atoms with Crippen LogP contribution in [0.15, 0.2) is 42.5 Å². The van der Waals surface area contributed by atoms with Gasteiger partial charge in [-0.25, -0.2) is 4.79 Å². The Morgan fingerprint density at radius 2 is 1.67 bits per heavy atom. The lowest BCUT2D eigenvalue weighted by Gasteiger charge is -2.50. The first-order valence-corrected chi connectivity index (χ1v) is 8.09. The number of aryl methyl sites for hydroxylation is 1. The highest BCUT2D eigenvalue weighted by molar-refractivity contribution is 6.15. The lowest BCUT2D eigenvalue weighted by molar-refractivity contribution is -0.174. The van der Waals surface area contributed by atoms with Crippen molar-refractivity contribution in [3.8, 4) is 0 Å². The average molecular weight is 328 g/mol. The molecule has 0 aliphatic carbocycles. The van der Waals surface area contributed by atoms with Gasteiger partial charge in [0.05, 0.1) is 0 Å². The largest absolute Gasteiger partial charge is 0.479 e. The fourth-order valence-corrected chi connectivity index (χ4v) is 3.36. The minimum Gasteiger partial charge on any atom is -0.479 e. The van der Waals surface area contributed by atoms with Crippen LogP contribution in [-0.2, 0) is 20.8 Å². The van der Waals surface area contributed by atoms with Crippen LogP contribution in [0.5, 0.6) is 0 Å². The lowest BCUT2D eigenvalue weighted by atomic mass is 9.87. The molecule has 2 aliphatic rings. The summed E-state index contributed by atoms with van der Waals surface area (Å²) in [7, 11) is 0. The third kappa shape index (κ3) is 2.97. The molecule has 2 heterocycles. The number of nitrogens with zero attached hydrogens (tertiary/aromatic N) is 2. The van der Waals surface area contributed by atoms with Gasteiger partial charge in [0.2, 0.25) is 0 Å². The number of amides is 2. The molecule has 1 fully saturated rings. The average Bonchev–Trinajstić information content (AvgIpc) is 2.86. The molecule has 0 bridgehead atoms. The molecule has 1 aromatic carbocycles. The number of hydrogen-bond donors (Lipinski definition) is 1. The van der Waals surface area contributed by atoms with Crippen LogP contribution in [0.1, 0.15) is 18.4 Å². The highest BCUT2D eigenvalue weighted by Gasteiger charge is 2.58. The molecule has 0 spiro atoms. The number of likely N-dealkylation sites (tertiary alicyclic amines) is 1. The molecule has 1 aromatic rings. The Hall–Kier alpha value is -2.47. The van der Waals surface area contributed by atoms with E-state index in [1.807, 2.05) is 23.1 Å². The Balaban J connectivity index is 1.48. The van der Waals surface area contributed by atoms with Crippen LogP contribution in [0.4, 0.5) is 0 Å². The molecule has 0 unspecified atom stereocenters. The first-order valence-electron chi connectivity index (χ1n) is 8.09. The van der Waals surface area contributed by atoms with E-state index >= 15 is 0 Å². The second kappa shape index (κ2) is 6.57. The Morgan fingerprint density at radius 3 is 2.25 bits per heavy atom. The first kappa shape index (κ1) is 16.4. The molecule has 6 nitrogen and oxygen atoms in total. The third-order valence-corrected chi connectivity index (χ3v) is 4.64. The van der Waals surface area contributed by atoms with Crippen molar-refractivity contribution in [1.29, 1.82) is 0 Å². The maximum atomic E-state index is 11.8. The Morgan fingerprint density at radius 1 is 1.04 bits per heavy atom. The van der Waals surface area contributed by atoms with Crippen molar-refractivity contribution in [2.24, 2.45) is 0 Å². The van der Waals surface area contributed by atoms with E-state index in [0.717, 1.165) is 42.9 Å². The predicted molar refractivity (Wildman–Crippen MR) is 87.2 cm³/mol. The molecule has 1 N–H and O–H groups in total. The van der Waals surface area contributed by atoms with Gasteiger partial charge in [-0.05, 0) is 31.4 Å². The Kier molecular flexibility index (Phi) is 4.49. The van der Waals surface area contributed by atoms with Crippen LogP contribution in [0.3, 0.4) is 0 Å². The summed E-state index contributed by atoms with van der Waals surface area (Å²) in [5.41, 5.74) is -0.114. The van der Waals surface area contributed by atoms with Gasteiger partial charge in [0.25, 0.3) is 11.8 Å². The molecule has 3 rings (SSSR count). The molecule has 24 heavy (non-hydrogen) atoms. The second-order valence-electron chi connectivity index (χ2n) is 6.34. The molecule has 2 amide bonds. The number of rotatable bonds is 7. The molecule has 0 atom stereocenters. The maximum absolute atomic E-state index is 11.8. The van der Waals surface area contributed by atoms with E-state index in [1.165, 1.54) is 5.56 Å². The minimum atomic E-state index is -1.41. The van der Waals surface area contributed by atoms with Crippen LogP contribution in [-0.4, -0.2) is 57.9 Å². The number of hydrogen-bond acceptors (Lipinski definition) is 4. The van der Waals surface area contributed by atoms with Crippen LogP contribution in [0.25, 0.3) is 0 Å². The van der Waals surface area contributed by atoms with Crippen molar-refractivity contribution in [3.05, 3.63) is 48.0 Å². The standard InChI is InChI=1S/C18H20N2O4/c21-15-9-10-16(22)20(15)18(17(23)24)12-19(13-18)11-5-4-8-14-6-2-1-3-7-14/h1-3,6-7,9-10H,4-5,8,11-13H2,(H,23,24). The van der Waals surface area contributed by atoms with Gasteiger partial charge in [0, 0.05) is 25.2 Å². The molecule has 0 aromatic heterocycles. The maximum Gasteiger partial charge on any atom is 0.332 e. The first-order chi connectivity index (χ1) is 11.5. The summed E-state index contributed by atoms with van der Waals surface area (Å²) in [4.78, 5) is 38.1. The van der Waals surface area contributed by atoms with E-state index in [0.29, 0.717) is 0 Å². The van der Waals surface area contributed by atoms with Crippen molar-refractivity contribution in [2.45, 2.75) is 24.8 Å². The molecular weight excluding hydrogens is 308 g/mol. The number of unbranched alkanes of at least 4 members (excludes halogenated alkanes) is 1. The van der Waals surface area contributed by atoms with Crippen LogP contribution < -0.4 is 0 Å². The van der Waals surface area contributed by atoms with E-state index in [4.69, 9.17) is 0 Å². The molecule has 0 saturated carbocycles. The van der Waals surface area contributed by atoms with Gasteiger partial charge < -0.3 is 5.11 Å². The van der Waals surface area contributed by atoms with Gasteiger partial charge >= 0.3 is 5.97 Å². The van der Waals surface area contributed by atoms with Gasteiger partial charge in [-0.1, -0.05) is 30.3 Å². The summed E-state index contributed by atoms with van der Waals surface area (Å²) in [6, 6.07) is 10.2. The quantitative estimate of drug-likeness (QED) is 0.598. The highest BCUT2D eigenvalue weighted by atomic mass is 16.4. The number of carbonyl (C=O) groups is 3. The number of benzene rings is 1. The van der Waals surface area contributed by atoms with E-state index in [9.17, 15) is 19.5 Å². The van der Waals surface area contributed by atoms with E-state index < -0.39 is 23.3 Å². The topological polar surface area (TPSA) is 77.9 Å². The molecule has 0 radical (unpaired) electrons. The summed E-state index contributed by atoms with van der Waals surface area (Å²) >= 11 is 0. The number of carboxylic acids is 1. The van der Waals surface area contributed by atoms with Crippen molar-refractivity contribution >= 4 is 17.8 Å². The zero-order valence-electron chi connectivity index (χ0n) is 13.4. The van der Waals surface area contributed by atoms with Gasteiger partial charge in [0.15, 0.2) is 5.54 Å². The number of carboxylic acid groups (broad SMARTS) is 1. The summed E-state index contributed by atoms with van der Waals surface area (Å²) < 4.78 is 0. The van der Waals surface area contributed by atoms with Crippen LogP contribution in [0.2, 0.25) is 0 Å².